The molecule has 1 saturated heterocycles. The van der Waals surface area contributed by atoms with E-state index in [2.05, 4.69) is 15.0 Å². The van der Waals surface area contributed by atoms with Crippen molar-refractivity contribution in [3.8, 4) is 0 Å². The minimum atomic E-state index is -3.22. The molecule has 2 rings (SSSR count). The van der Waals surface area contributed by atoms with Gasteiger partial charge in [-0.1, -0.05) is 5.11 Å². The number of azide groups is 1. The molecule has 1 aliphatic rings. The Morgan fingerprint density at radius 3 is 2.85 bits per heavy atom. The maximum Gasteiger partial charge on any atom is 0.330 e. The third-order valence-corrected chi connectivity index (χ3v) is 7.04. The number of halogens is 1. The van der Waals surface area contributed by atoms with Gasteiger partial charge >= 0.3 is 5.69 Å². The summed E-state index contributed by atoms with van der Waals surface area (Å²) in [5.41, 5.74) is 7.78. The number of ether oxygens (including phenoxy) is 1. The summed E-state index contributed by atoms with van der Waals surface area (Å²) in [4.78, 5) is 28.5. The Morgan fingerprint density at radius 1 is 1.58 bits per heavy atom. The molecule has 0 aliphatic carbocycles. The van der Waals surface area contributed by atoms with Gasteiger partial charge in [-0.2, -0.15) is 0 Å². The Kier molecular flexibility index (Phi) is 6.68. The molecule has 0 amide bonds. The molecule has 11 nitrogen and oxygen atoms in total. The van der Waals surface area contributed by atoms with Crippen molar-refractivity contribution in [2.45, 2.75) is 31.7 Å². The van der Waals surface area contributed by atoms with E-state index in [0.29, 0.717) is 5.56 Å². The van der Waals surface area contributed by atoms with Crippen molar-refractivity contribution >= 4 is 19.1 Å². The van der Waals surface area contributed by atoms with Crippen LogP contribution in [0.5, 0.6) is 0 Å². The lowest BCUT2D eigenvalue weighted by atomic mass is 10.1. The zero-order valence-corrected chi connectivity index (χ0v) is 16.2. The van der Waals surface area contributed by atoms with Crippen LogP contribution in [0.1, 0.15) is 18.2 Å². The van der Waals surface area contributed by atoms with Crippen LogP contribution < -0.4 is 11.2 Å². The molecular weight excluding hydrogens is 387 g/mol. The van der Waals surface area contributed by atoms with Crippen LogP contribution >= 0.6 is 19.1 Å². The molecule has 1 aromatic heterocycles. The highest BCUT2D eigenvalue weighted by molar-refractivity contribution is 7.58. The van der Waals surface area contributed by atoms with Crippen molar-refractivity contribution in [1.82, 2.24) is 14.2 Å². The van der Waals surface area contributed by atoms with Gasteiger partial charge < -0.3 is 9.26 Å². The summed E-state index contributed by atoms with van der Waals surface area (Å²) < 4.78 is 26.4. The Labute approximate surface area is 154 Å². The Balaban J connectivity index is 2.22. The molecule has 1 aliphatic heterocycles. The number of aromatic amines is 1. The number of hydrogen-bond donors (Lipinski definition) is 1. The Hall–Kier alpha value is -1.61. The fraction of sp³-hybridized carbons (Fsp3) is 0.692. The molecule has 0 aromatic carbocycles. The first kappa shape index (κ1) is 20.7. The molecular formula is C13H20ClN6O5P. The second-order valence-electron chi connectivity index (χ2n) is 6.02. The van der Waals surface area contributed by atoms with E-state index < -0.39 is 37.1 Å². The molecule has 144 valence electrons. The molecule has 2 heterocycles. The zero-order valence-electron chi connectivity index (χ0n) is 14.5. The summed E-state index contributed by atoms with van der Waals surface area (Å²) in [7, 11) is -0.0610. The lowest BCUT2D eigenvalue weighted by Crippen LogP contribution is -2.33. The molecule has 1 fully saturated rings. The molecule has 1 aromatic rings. The van der Waals surface area contributed by atoms with Gasteiger partial charge in [0.2, 0.25) is 0 Å². The van der Waals surface area contributed by atoms with Crippen LogP contribution in [0.15, 0.2) is 20.9 Å². The number of H-pyrrole nitrogens is 1. The van der Waals surface area contributed by atoms with Crippen LogP contribution in [0.25, 0.3) is 10.4 Å². The van der Waals surface area contributed by atoms with Crippen LogP contribution in [0.2, 0.25) is 0 Å². The van der Waals surface area contributed by atoms with Gasteiger partial charge in [0.15, 0.2) is 0 Å². The van der Waals surface area contributed by atoms with Gasteiger partial charge in [0, 0.05) is 23.1 Å². The fourth-order valence-electron chi connectivity index (χ4n) is 2.47. The summed E-state index contributed by atoms with van der Waals surface area (Å²) in [6.07, 6.45) is 0.117. The average molecular weight is 407 g/mol. The number of rotatable bonds is 7. The minimum absolute atomic E-state index is 0.126. The van der Waals surface area contributed by atoms with E-state index in [0.717, 1.165) is 0 Å². The van der Waals surface area contributed by atoms with E-state index in [4.69, 9.17) is 26.4 Å². The van der Waals surface area contributed by atoms with Crippen LogP contribution in [-0.4, -0.2) is 52.7 Å². The van der Waals surface area contributed by atoms with Gasteiger partial charge in [0.1, 0.15) is 11.8 Å². The maximum absolute atomic E-state index is 12.5. The third kappa shape index (κ3) is 4.37. The van der Waals surface area contributed by atoms with Crippen molar-refractivity contribution in [2.24, 2.45) is 5.11 Å². The number of hydrogen-bond acceptors (Lipinski definition) is 6. The fourth-order valence-corrected chi connectivity index (χ4v) is 4.21. The normalized spacial score (nSPS) is 25.0. The van der Waals surface area contributed by atoms with Crippen molar-refractivity contribution < 1.29 is 13.8 Å². The quantitative estimate of drug-likeness (QED) is 0.240. The van der Waals surface area contributed by atoms with Gasteiger partial charge in [-0.05, 0) is 26.6 Å². The summed E-state index contributed by atoms with van der Waals surface area (Å²) in [6, 6.07) is -0.630. The van der Waals surface area contributed by atoms with Gasteiger partial charge in [-0.15, -0.1) is 11.6 Å². The molecule has 13 heteroatoms. The molecule has 0 spiro atoms. The van der Waals surface area contributed by atoms with Crippen molar-refractivity contribution in [1.29, 1.82) is 0 Å². The van der Waals surface area contributed by atoms with Crippen LogP contribution in [0.4, 0.5) is 0 Å². The highest BCUT2D eigenvalue weighted by atomic mass is 35.5. The number of nitrogens with zero attached hydrogens (tertiary/aromatic N) is 5. The first-order valence-electron chi connectivity index (χ1n) is 7.71. The third-order valence-electron chi connectivity index (χ3n) is 4.06. The molecule has 26 heavy (non-hydrogen) atoms. The number of alkyl halides is 1. The Morgan fingerprint density at radius 2 is 2.27 bits per heavy atom. The lowest BCUT2D eigenvalue weighted by molar-refractivity contribution is -0.0229. The molecule has 4 atom stereocenters. The number of nitrogens with one attached hydrogen (secondary N) is 1. The second kappa shape index (κ2) is 8.39. The van der Waals surface area contributed by atoms with E-state index in [1.807, 2.05) is 0 Å². The van der Waals surface area contributed by atoms with Gasteiger partial charge in [-0.25, -0.2) is 9.46 Å². The SMILES string of the molecule is Cc1cn([C@H]2CC(N=[N+]=[N-])[C@@H](COP(=O)(CCl)N(C)C)O2)c(=O)[nH]c1=O. The molecule has 0 radical (unpaired) electrons. The first-order valence-corrected chi connectivity index (χ1v) is 10.0. The maximum atomic E-state index is 12.5. The van der Waals surface area contributed by atoms with Crippen LogP contribution in [-0.2, 0) is 13.8 Å². The smallest absolute Gasteiger partial charge is 0.330 e. The van der Waals surface area contributed by atoms with E-state index in [-0.39, 0.29) is 18.6 Å². The lowest BCUT2D eigenvalue weighted by Gasteiger charge is -2.25. The summed E-state index contributed by atoms with van der Waals surface area (Å²) in [5, 5.41) is 3.67. The summed E-state index contributed by atoms with van der Waals surface area (Å²) >= 11 is 5.73. The van der Waals surface area contributed by atoms with Gasteiger partial charge in [-0.3, -0.25) is 18.9 Å². The van der Waals surface area contributed by atoms with E-state index in [1.54, 1.807) is 21.0 Å². The number of aromatic nitrogens is 2. The summed E-state index contributed by atoms with van der Waals surface area (Å²) in [6.45, 7) is 1.43. The van der Waals surface area contributed by atoms with E-state index in [9.17, 15) is 14.2 Å². The van der Waals surface area contributed by atoms with Crippen molar-refractivity contribution in [3.05, 3.63) is 43.0 Å². The van der Waals surface area contributed by atoms with Crippen molar-refractivity contribution in [2.75, 3.05) is 26.3 Å². The molecule has 0 bridgehead atoms. The monoisotopic (exact) mass is 406 g/mol. The highest BCUT2D eigenvalue weighted by Gasteiger charge is 2.38. The molecule has 1 N–H and O–H groups in total. The predicted molar refractivity (Wildman–Crippen MR) is 95.5 cm³/mol. The standard InChI is InChI=1S/C13H20ClN6O5P/c1-8-5-20(13(22)16-12(8)21)11-4-9(17-18-15)10(25-11)6-24-26(23,7-14)19(2)3/h5,9-11H,4,6-7H2,1-3H3,(H,16,21,22)/t9?,10-,11-,26?/m1/s1. The largest absolute Gasteiger partial charge is 0.352 e. The summed E-state index contributed by atoms with van der Waals surface area (Å²) in [5.74, 6) is 0. The first-order chi connectivity index (χ1) is 12.2. The molecule has 2 unspecified atom stereocenters. The topological polar surface area (TPSA) is 142 Å². The van der Waals surface area contributed by atoms with E-state index in [1.165, 1.54) is 15.4 Å². The van der Waals surface area contributed by atoms with Crippen molar-refractivity contribution in [3.63, 3.8) is 0 Å². The highest BCUT2D eigenvalue weighted by Crippen LogP contribution is 2.50. The van der Waals surface area contributed by atoms with Crippen LogP contribution in [0.3, 0.4) is 0 Å². The minimum Gasteiger partial charge on any atom is -0.352 e. The van der Waals surface area contributed by atoms with Crippen LogP contribution in [0, 0.1) is 6.92 Å². The zero-order chi connectivity index (χ0) is 19.5. The molecule has 0 saturated carbocycles. The Bertz CT molecular complexity index is 863. The predicted octanol–water partition coefficient (Wildman–Crippen LogP) is 1.78. The van der Waals surface area contributed by atoms with Gasteiger partial charge in [0.25, 0.3) is 13.1 Å². The average Bonchev–Trinajstić information content (AvgIpc) is 2.99. The van der Waals surface area contributed by atoms with Gasteiger partial charge in [0.05, 0.1) is 18.8 Å². The number of aryl methyl sites for hydroxylation is 1. The second-order valence-corrected chi connectivity index (χ2v) is 9.31. The van der Waals surface area contributed by atoms with E-state index >= 15 is 0 Å².